The summed E-state index contributed by atoms with van der Waals surface area (Å²) in [5.74, 6) is -0.995. The summed E-state index contributed by atoms with van der Waals surface area (Å²) in [5.41, 5.74) is 1.52. The second-order valence-electron chi connectivity index (χ2n) is 6.56. The van der Waals surface area contributed by atoms with Crippen LogP contribution in [0.25, 0.3) is 0 Å². The Labute approximate surface area is 167 Å². The Bertz CT molecular complexity index is 923. The first-order valence-electron chi connectivity index (χ1n) is 9.14. The molecule has 2 aromatic rings. The van der Waals surface area contributed by atoms with E-state index in [9.17, 15) is 14.7 Å². The predicted octanol–water partition coefficient (Wildman–Crippen LogP) is 0.0221. The van der Waals surface area contributed by atoms with E-state index in [1.165, 1.54) is 11.2 Å². The lowest BCUT2D eigenvalue weighted by molar-refractivity contribution is -0.124. The monoisotopic (exact) mass is 397 g/mol. The zero-order valence-electron chi connectivity index (χ0n) is 16.0. The van der Waals surface area contributed by atoms with E-state index in [0.717, 1.165) is 5.56 Å². The number of nitrogens with one attached hydrogen (secondary N) is 3. The molecule has 0 radical (unpaired) electrons. The number of anilines is 1. The summed E-state index contributed by atoms with van der Waals surface area (Å²) < 4.78 is 1.62. The molecule has 2 amide bonds. The van der Waals surface area contributed by atoms with Gasteiger partial charge in [-0.2, -0.15) is 5.10 Å². The van der Waals surface area contributed by atoms with Crippen LogP contribution >= 0.6 is 0 Å². The van der Waals surface area contributed by atoms with Crippen molar-refractivity contribution >= 4 is 29.8 Å². The quantitative estimate of drug-likeness (QED) is 0.417. The van der Waals surface area contributed by atoms with E-state index in [1.807, 2.05) is 30.3 Å². The maximum Gasteiger partial charge on any atom is 0.289 e. The highest BCUT2D eigenvalue weighted by Crippen LogP contribution is 2.21. The molecule has 1 aliphatic rings. The maximum absolute atomic E-state index is 12.7. The molecule has 3 rings (SSSR count). The van der Waals surface area contributed by atoms with Gasteiger partial charge in [0.1, 0.15) is 11.9 Å². The summed E-state index contributed by atoms with van der Waals surface area (Å²) in [6, 6.07) is 10.5. The van der Waals surface area contributed by atoms with Crippen LogP contribution in [0.2, 0.25) is 0 Å². The molecule has 2 heterocycles. The van der Waals surface area contributed by atoms with Crippen LogP contribution in [0.15, 0.2) is 41.4 Å². The van der Waals surface area contributed by atoms with Crippen molar-refractivity contribution in [1.29, 1.82) is 5.41 Å². The molecule has 0 saturated carbocycles. The van der Waals surface area contributed by atoms with Crippen LogP contribution in [0, 0.1) is 5.41 Å². The van der Waals surface area contributed by atoms with E-state index in [-0.39, 0.29) is 12.5 Å². The fourth-order valence-corrected chi connectivity index (χ4v) is 2.98. The average Bonchev–Trinajstić information content (AvgIpc) is 3.12. The number of rotatable bonds is 5. The second kappa shape index (κ2) is 9.11. The summed E-state index contributed by atoms with van der Waals surface area (Å²) in [4.78, 5) is 30.1. The Morgan fingerprint density at radius 1 is 1.41 bits per heavy atom. The van der Waals surface area contributed by atoms with Gasteiger partial charge in [0.2, 0.25) is 5.84 Å². The van der Waals surface area contributed by atoms with Crippen LogP contribution in [0.3, 0.4) is 0 Å². The SMILES string of the molecule is CN1C(=O)[C@@H](NC(=O)C(=N)/N=C\NCc2ccccc2)CCn2nc(CO)cc21. The van der Waals surface area contributed by atoms with Gasteiger partial charge in [-0.15, -0.1) is 0 Å². The van der Waals surface area contributed by atoms with Gasteiger partial charge >= 0.3 is 0 Å². The van der Waals surface area contributed by atoms with Gasteiger partial charge in [0.15, 0.2) is 0 Å². The van der Waals surface area contributed by atoms with Gasteiger partial charge in [-0.3, -0.25) is 19.9 Å². The molecule has 1 atom stereocenters. The highest BCUT2D eigenvalue weighted by Gasteiger charge is 2.31. The summed E-state index contributed by atoms with van der Waals surface area (Å²) in [5, 5.41) is 26.7. The molecule has 0 saturated heterocycles. The number of aromatic nitrogens is 2. The molecule has 10 heteroatoms. The van der Waals surface area contributed by atoms with Crippen LogP contribution < -0.4 is 15.5 Å². The summed E-state index contributed by atoms with van der Waals surface area (Å²) in [6.45, 7) is 0.702. The van der Waals surface area contributed by atoms with Crippen molar-refractivity contribution in [3.63, 3.8) is 0 Å². The van der Waals surface area contributed by atoms with Crippen LogP contribution in [0.1, 0.15) is 17.7 Å². The summed E-state index contributed by atoms with van der Waals surface area (Å²) in [7, 11) is 1.58. The zero-order chi connectivity index (χ0) is 20.8. The Hall–Kier alpha value is -3.53. The fourth-order valence-electron chi connectivity index (χ4n) is 2.98. The zero-order valence-corrected chi connectivity index (χ0v) is 16.0. The number of aliphatic hydroxyl groups excluding tert-OH is 1. The number of fused-ring (bicyclic) bond motifs is 1. The third-order valence-corrected chi connectivity index (χ3v) is 4.53. The first-order chi connectivity index (χ1) is 14.0. The Morgan fingerprint density at radius 2 is 2.17 bits per heavy atom. The predicted molar refractivity (Wildman–Crippen MR) is 108 cm³/mol. The normalized spacial score (nSPS) is 16.4. The van der Waals surface area contributed by atoms with E-state index in [1.54, 1.807) is 17.8 Å². The highest BCUT2D eigenvalue weighted by atomic mass is 16.3. The first kappa shape index (κ1) is 20.2. The van der Waals surface area contributed by atoms with Gasteiger partial charge in [-0.05, 0) is 12.0 Å². The maximum atomic E-state index is 12.7. The lowest BCUT2D eigenvalue weighted by Crippen LogP contribution is -2.48. The lowest BCUT2D eigenvalue weighted by Gasteiger charge is -2.20. The number of aryl methyl sites for hydroxylation is 1. The Kier molecular flexibility index (Phi) is 6.35. The number of carbonyl (C=O) groups excluding carboxylic acids is 2. The number of nitrogens with zero attached hydrogens (tertiary/aromatic N) is 4. The standard InChI is InChI=1S/C19H23N7O3/c1-25-16-9-14(11-27)24-26(16)8-7-15(19(25)29)23-18(28)17(20)22-12-21-10-13-5-3-2-4-6-13/h2-6,9,12,15,27H,7-8,10-11H2,1H3,(H,23,28)(H2,20,21,22)/t15-/m0/s1. The van der Waals surface area contributed by atoms with Gasteiger partial charge < -0.3 is 15.7 Å². The summed E-state index contributed by atoms with van der Waals surface area (Å²) >= 11 is 0. The minimum Gasteiger partial charge on any atom is -0.390 e. The van der Waals surface area contributed by atoms with Gasteiger partial charge in [0.05, 0.1) is 18.6 Å². The number of likely N-dealkylation sites (N-methyl/N-ethyl adjacent to an activating group) is 1. The molecule has 1 aromatic heterocycles. The van der Waals surface area contributed by atoms with Crippen LogP contribution in [0.4, 0.5) is 5.82 Å². The van der Waals surface area contributed by atoms with E-state index in [2.05, 4.69) is 20.7 Å². The molecule has 0 unspecified atom stereocenters. The van der Waals surface area contributed by atoms with Crippen molar-refractivity contribution in [2.24, 2.45) is 4.99 Å². The number of aliphatic hydroxyl groups is 1. The number of benzene rings is 1. The van der Waals surface area contributed by atoms with E-state index >= 15 is 0 Å². The second-order valence-corrected chi connectivity index (χ2v) is 6.56. The van der Waals surface area contributed by atoms with Crippen LogP contribution in [-0.4, -0.2) is 52.0 Å². The number of hydrogen-bond donors (Lipinski definition) is 4. The molecular formula is C19H23N7O3. The third-order valence-electron chi connectivity index (χ3n) is 4.53. The van der Waals surface area contributed by atoms with Gasteiger partial charge in [0.25, 0.3) is 11.8 Å². The highest BCUT2D eigenvalue weighted by molar-refractivity contribution is 6.38. The van der Waals surface area contributed by atoms with Crippen LogP contribution in [-0.2, 0) is 29.3 Å². The van der Waals surface area contributed by atoms with E-state index in [0.29, 0.717) is 31.0 Å². The number of hydrogen-bond acceptors (Lipinski definition) is 5. The molecule has 10 nitrogen and oxygen atoms in total. The van der Waals surface area contributed by atoms with Gasteiger partial charge in [-0.25, -0.2) is 9.67 Å². The molecule has 0 aliphatic carbocycles. The number of carbonyl (C=O) groups is 2. The lowest BCUT2D eigenvalue weighted by atomic mass is 10.2. The average molecular weight is 397 g/mol. The number of amidine groups is 1. The molecule has 152 valence electrons. The first-order valence-corrected chi connectivity index (χ1v) is 9.14. The molecule has 1 aliphatic heterocycles. The molecule has 0 fully saturated rings. The topological polar surface area (TPSA) is 136 Å². The van der Waals surface area contributed by atoms with Crippen molar-refractivity contribution in [2.45, 2.75) is 32.2 Å². The Morgan fingerprint density at radius 3 is 2.90 bits per heavy atom. The minimum absolute atomic E-state index is 0.213. The van der Waals surface area contributed by atoms with E-state index in [4.69, 9.17) is 5.41 Å². The fraction of sp³-hybridized carbons (Fsp3) is 0.316. The minimum atomic E-state index is -0.792. The van der Waals surface area contributed by atoms with Gasteiger partial charge in [-0.1, -0.05) is 30.3 Å². The Balaban J connectivity index is 1.54. The van der Waals surface area contributed by atoms with Crippen LogP contribution in [0.5, 0.6) is 0 Å². The van der Waals surface area contributed by atoms with Crippen molar-refractivity contribution in [3.8, 4) is 0 Å². The smallest absolute Gasteiger partial charge is 0.289 e. The molecule has 4 N–H and O–H groups in total. The summed E-state index contributed by atoms with van der Waals surface area (Å²) in [6.07, 6.45) is 1.61. The van der Waals surface area contributed by atoms with Crippen molar-refractivity contribution in [1.82, 2.24) is 20.4 Å². The molecular weight excluding hydrogens is 374 g/mol. The number of amides is 2. The molecule has 1 aromatic carbocycles. The largest absolute Gasteiger partial charge is 0.390 e. The van der Waals surface area contributed by atoms with Crippen molar-refractivity contribution < 1.29 is 14.7 Å². The number of aliphatic imine (C=N–C) groups is 1. The van der Waals surface area contributed by atoms with E-state index < -0.39 is 17.8 Å². The molecule has 29 heavy (non-hydrogen) atoms. The van der Waals surface area contributed by atoms with Crippen molar-refractivity contribution in [2.75, 3.05) is 11.9 Å². The van der Waals surface area contributed by atoms with Crippen molar-refractivity contribution in [3.05, 3.63) is 47.7 Å². The van der Waals surface area contributed by atoms with Gasteiger partial charge in [0, 0.05) is 26.2 Å². The molecule has 0 bridgehead atoms. The third kappa shape index (κ3) is 4.85. The molecule has 0 spiro atoms.